The van der Waals surface area contributed by atoms with Crippen molar-refractivity contribution in [2.45, 2.75) is 50.7 Å². The highest BCUT2D eigenvalue weighted by Gasteiger charge is 2.34. The van der Waals surface area contributed by atoms with Crippen LogP contribution >= 0.6 is 27.3 Å². The molecule has 1 aliphatic carbocycles. The van der Waals surface area contributed by atoms with Crippen LogP contribution in [-0.4, -0.2) is 35.2 Å². The summed E-state index contributed by atoms with van der Waals surface area (Å²) in [5, 5.41) is 9.37. The average Bonchev–Trinajstić information content (AvgIpc) is 2.73. The van der Waals surface area contributed by atoms with Crippen molar-refractivity contribution < 1.29 is 5.11 Å². The van der Waals surface area contributed by atoms with Crippen molar-refractivity contribution in [3.8, 4) is 0 Å². The number of rotatable bonds is 7. The maximum atomic E-state index is 9.37. The van der Waals surface area contributed by atoms with E-state index in [1.807, 2.05) is 0 Å². The van der Waals surface area contributed by atoms with Gasteiger partial charge in [0.15, 0.2) is 0 Å². The highest BCUT2D eigenvalue weighted by molar-refractivity contribution is 9.11. The molecule has 0 aliphatic heterocycles. The van der Waals surface area contributed by atoms with E-state index in [9.17, 15) is 5.11 Å². The van der Waals surface area contributed by atoms with Gasteiger partial charge in [-0.25, -0.2) is 0 Å². The monoisotopic (exact) mass is 346 g/mol. The van der Waals surface area contributed by atoms with Crippen molar-refractivity contribution in [1.29, 1.82) is 0 Å². The third kappa shape index (κ3) is 3.58. The van der Waals surface area contributed by atoms with Crippen LogP contribution in [0.25, 0.3) is 0 Å². The van der Waals surface area contributed by atoms with Gasteiger partial charge in [0.1, 0.15) is 0 Å². The number of aliphatic hydroxyl groups excluding tert-OH is 1. The first kappa shape index (κ1) is 15.4. The molecule has 108 valence electrons. The summed E-state index contributed by atoms with van der Waals surface area (Å²) in [5.74, 6) is 0. The van der Waals surface area contributed by atoms with Gasteiger partial charge in [-0.1, -0.05) is 13.3 Å². The van der Waals surface area contributed by atoms with Crippen molar-refractivity contribution in [2.24, 2.45) is 5.73 Å². The van der Waals surface area contributed by atoms with Crippen LogP contribution < -0.4 is 5.73 Å². The lowest BCUT2D eigenvalue weighted by atomic mass is 9.88. The van der Waals surface area contributed by atoms with Crippen LogP contribution in [-0.2, 0) is 0 Å². The van der Waals surface area contributed by atoms with Crippen LogP contribution in [0.5, 0.6) is 0 Å². The van der Waals surface area contributed by atoms with Crippen molar-refractivity contribution in [1.82, 2.24) is 4.90 Å². The van der Waals surface area contributed by atoms with Crippen LogP contribution in [0.1, 0.15) is 43.5 Å². The fourth-order valence-corrected chi connectivity index (χ4v) is 4.33. The summed E-state index contributed by atoms with van der Waals surface area (Å²) >= 11 is 5.30. The minimum Gasteiger partial charge on any atom is -0.395 e. The molecule has 1 saturated carbocycles. The first-order valence-corrected chi connectivity index (χ1v) is 8.65. The maximum absolute atomic E-state index is 9.37. The molecule has 2 atom stereocenters. The highest BCUT2D eigenvalue weighted by atomic mass is 79.9. The van der Waals surface area contributed by atoms with Crippen LogP contribution in [0, 0.1) is 0 Å². The zero-order valence-electron chi connectivity index (χ0n) is 11.4. The second kappa shape index (κ2) is 7.18. The normalized spacial score (nSPS) is 19.4. The molecule has 1 heterocycles. The Morgan fingerprint density at radius 1 is 1.53 bits per heavy atom. The number of aliphatic hydroxyl groups is 1. The second-order valence-electron chi connectivity index (χ2n) is 5.20. The summed E-state index contributed by atoms with van der Waals surface area (Å²) in [6.45, 7) is 3.06. The van der Waals surface area contributed by atoms with Crippen LogP contribution in [0.4, 0.5) is 0 Å². The number of nitrogens with two attached hydrogens (primary N) is 1. The third-order valence-electron chi connectivity index (χ3n) is 4.02. The minimum atomic E-state index is 0.123. The van der Waals surface area contributed by atoms with Gasteiger partial charge >= 0.3 is 0 Å². The first-order chi connectivity index (χ1) is 9.17. The van der Waals surface area contributed by atoms with Gasteiger partial charge in [-0.05, 0) is 47.3 Å². The van der Waals surface area contributed by atoms with Gasteiger partial charge in [-0.3, -0.25) is 4.90 Å². The summed E-state index contributed by atoms with van der Waals surface area (Å²) in [4.78, 5) is 3.73. The Bertz CT molecular complexity index is 395. The number of hydrogen-bond acceptors (Lipinski definition) is 4. The lowest BCUT2D eigenvalue weighted by molar-refractivity contribution is 0.0488. The molecule has 0 spiro atoms. The Hall–Kier alpha value is 0.0600. The van der Waals surface area contributed by atoms with Gasteiger partial charge in [0, 0.05) is 23.5 Å². The lowest BCUT2D eigenvalue weighted by Gasteiger charge is -2.44. The van der Waals surface area contributed by atoms with Gasteiger partial charge in [0.05, 0.1) is 16.4 Å². The largest absolute Gasteiger partial charge is 0.395 e. The molecule has 1 fully saturated rings. The molecule has 0 bridgehead atoms. The molecule has 0 amide bonds. The Balaban J connectivity index is 2.23. The Labute approximate surface area is 127 Å². The molecule has 0 radical (unpaired) electrons. The quantitative estimate of drug-likeness (QED) is 0.797. The Kier molecular flexibility index (Phi) is 5.84. The van der Waals surface area contributed by atoms with E-state index in [-0.39, 0.29) is 18.7 Å². The minimum absolute atomic E-state index is 0.123. The van der Waals surface area contributed by atoms with Gasteiger partial charge < -0.3 is 10.8 Å². The Morgan fingerprint density at radius 3 is 2.68 bits per heavy atom. The number of halogens is 1. The van der Waals surface area contributed by atoms with E-state index < -0.39 is 0 Å². The summed E-state index contributed by atoms with van der Waals surface area (Å²) in [6, 6.07) is 5.21. The van der Waals surface area contributed by atoms with Crippen molar-refractivity contribution >= 4 is 27.3 Å². The summed E-state index contributed by atoms with van der Waals surface area (Å²) < 4.78 is 1.15. The van der Waals surface area contributed by atoms with Gasteiger partial charge in [0.2, 0.25) is 0 Å². The molecule has 3 N–H and O–H groups in total. The van der Waals surface area contributed by atoms with Crippen LogP contribution in [0.15, 0.2) is 15.9 Å². The second-order valence-corrected chi connectivity index (χ2v) is 7.70. The third-order valence-corrected chi connectivity index (χ3v) is 5.72. The molecule has 5 heteroatoms. The van der Waals surface area contributed by atoms with E-state index in [1.165, 1.54) is 24.1 Å². The molecule has 1 aromatic rings. The molecule has 2 rings (SSSR count). The standard InChI is InChI=1S/C14H23BrN2OS/c1-2-11(16)14(12-6-7-13(15)19-12)17(8-9-18)10-4-3-5-10/h6-7,10-11,14,18H,2-5,8-9,16H2,1H3. The lowest BCUT2D eigenvalue weighted by Crippen LogP contribution is -2.49. The van der Waals surface area contributed by atoms with E-state index >= 15 is 0 Å². The molecule has 2 unspecified atom stereocenters. The molecule has 3 nitrogen and oxygen atoms in total. The predicted molar refractivity (Wildman–Crippen MR) is 84.5 cm³/mol. The summed E-state index contributed by atoms with van der Waals surface area (Å²) in [5.41, 5.74) is 6.37. The summed E-state index contributed by atoms with van der Waals surface area (Å²) in [6.07, 6.45) is 4.72. The molecule has 19 heavy (non-hydrogen) atoms. The highest BCUT2D eigenvalue weighted by Crippen LogP contribution is 2.38. The predicted octanol–water partition coefficient (Wildman–Crippen LogP) is 3.14. The SMILES string of the molecule is CCC(N)C(c1ccc(Br)s1)N(CCO)C1CCC1. The molecule has 0 aromatic carbocycles. The maximum Gasteiger partial charge on any atom is 0.0702 e. The van der Waals surface area contributed by atoms with Crippen molar-refractivity contribution in [3.05, 3.63) is 20.8 Å². The van der Waals surface area contributed by atoms with Gasteiger partial charge in [0.25, 0.3) is 0 Å². The zero-order valence-corrected chi connectivity index (χ0v) is 13.8. The average molecular weight is 347 g/mol. The Morgan fingerprint density at radius 2 is 2.26 bits per heavy atom. The number of nitrogens with zero attached hydrogens (tertiary/aromatic N) is 1. The smallest absolute Gasteiger partial charge is 0.0702 e. The van der Waals surface area contributed by atoms with Crippen molar-refractivity contribution in [2.75, 3.05) is 13.2 Å². The van der Waals surface area contributed by atoms with Crippen molar-refractivity contribution in [3.63, 3.8) is 0 Å². The van der Waals surface area contributed by atoms with Crippen LogP contribution in [0.3, 0.4) is 0 Å². The molecular weight excluding hydrogens is 324 g/mol. The molecular formula is C14H23BrN2OS. The fourth-order valence-electron chi connectivity index (χ4n) is 2.71. The van der Waals surface area contributed by atoms with E-state index in [4.69, 9.17) is 5.73 Å². The van der Waals surface area contributed by atoms with Gasteiger partial charge in [-0.15, -0.1) is 11.3 Å². The molecule has 0 saturated heterocycles. The van der Waals surface area contributed by atoms with Gasteiger partial charge in [-0.2, -0.15) is 0 Å². The molecule has 1 aromatic heterocycles. The fraction of sp³-hybridized carbons (Fsp3) is 0.714. The van der Waals surface area contributed by atoms with E-state index in [0.717, 1.165) is 16.8 Å². The first-order valence-electron chi connectivity index (χ1n) is 7.04. The van der Waals surface area contributed by atoms with E-state index in [2.05, 4.69) is 39.9 Å². The number of thiophene rings is 1. The van der Waals surface area contributed by atoms with E-state index in [1.54, 1.807) is 11.3 Å². The zero-order chi connectivity index (χ0) is 13.8. The summed E-state index contributed by atoms with van der Waals surface area (Å²) in [7, 11) is 0. The van der Waals surface area contributed by atoms with E-state index in [0.29, 0.717) is 6.04 Å². The topological polar surface area (TPSA) is 49.5 Å². The molecule has 1 aliphatic rings. The van der Waals surface area contributed by atoms with Crippen LogP contribution in [0.2, 0.25) is 0 Å². The number of hydrogen-bond donors (Lipinski definition) is 2.